The Morgan fingerprint density at radius 3 is 3.00 bits per heavy atom. The second-order valence-electron chi connectivity index (χ2n) is 1.45. The van der Waals surface area contributed by atoms with Crippen molar-refractivity contribution in [3.63, 3.8) is 0 Å². The second-order valence-corrected chi connectivity index (χ2v) is 1.45. The van der Waals surface area contributed by atoms with Crippen LogP contribution < -0.4 is 10.6 Å². The zero-order chi connectivity index (χ0) is 5.11. The van der Waals surface area contributed by atoms with Gasteiger partial charge in [0.05, 0.1) is 0 Å². The van der Waals surface area contributed by atoms with E-state index in [0.29, 0.717) is 0 Å². The summed E-state index contributed by atoms with van der Waals surface area (Å²) in [6, 6.07) is 0. The maximum absolute atomic E-state index is 4.83. The number of nitrogens with one attached hydrogen (secondary N) is 1. The van der Waals surface area contributed by atoms with Crippen molar-refractivity contribution in [2.45, 2.75) is 6.35 Å². The minimum Gasteiger partial charge on any atom is -0.352 e. The van der Waals surface area contributed by atoms with Gasteiger partial charge in [0.2, 0.25) is 0 Å². The van der Waals surface area contributed by atoms with Gasteiger partial charge < -0.3 is 4.74 Å². The van der Waals surface area contributed by atoms with Crippen molar-refractivity contribution >= 4 is 0 Å². The van der Waals surface area contributed by atoms with E-state index >= 15 is 0 Å². The molecule has 1 aliphatic rings. The molecule has 0 aromatic heterocycles. The minimum absolute atomic E-state index is 0.0278. The van der Waals surface area contributed by atoms with Gasteiger partial charge in [0.1, 0.15) is 0 Å². The molecule has 0 aromatic carbocycles. The Kier molecular flexibility index (Phi) is 1.62. The molecule has 1 saturated heterocycles. The highest BCUT2D eigenvalue weighted by Gasteiger charge is 2.11. The van der Waals surface area contributed by atoms with Crippen LogP contribution in [0.4, 0.5) is 0 Å². The lowest BCUT2D eigenvalue weighted by atomic mass is 10.7. The van der Waals surface area contributed by atoms with Gasteiger partial charge >= 0.3 is 0 Å². The highest BCUT2D eigenvalue weighted by molar-refractivity contribution is 4.61. The first-order chi connectivity index (χ1) is 3.43. The molecule has 0 saturated carbocycles. The molecule has 0 bridgehead atoms. The predicted octanol–water partition coefficient (Wildman–Crippen LogP) is -0.876. The fourth-order valence-electron chi connectivity index (χ4n) is 0.592. The average Bonchev–Trinajstić information content (AvgIpc) is 2.14. The predicted molar refractivity (Wildman–Crippen MR) is 25.8 cm³/mol. The first-order valence-electron chi connectivity index (χ1n) is 2.36. The van der Waals surface area contributed by atoms with Crippen LogP contribution in [0.15, 0.2) is 0 Å². The third kappa shape index (κ3) is 1.12. The first-order valence-corrected chi connectivity index (χ1v) is 2.36. The van der Waals surface area contributed by atoms with E-state index in [1.165, 1.54) is 0 Å². The third-order valence-corrected chi connectivity index (χ3v) is 0.949. The maximum Gasteiger partial charge on any atom is 0.178 e. The van der Waals surface area contributed by atoms with Crippen molar-refractivity contribution in [2.24, 2.45) is 0 Å². The normalized spacial score (nSPS) is 23.6. The molecule has 7 heavy (non-hydrogen) atoms. The van der Waals surface area contributed by atoms with Crippen LogP contribution in [-0.4, -0.2) is 26.6 Å². The summed E-state index contributed by atoms with van der Waals surface area (Å²) in [4.78, 5) is 0. The molecule has 0 aromatic rings. The fraction of sp³-hybridized carbons (Fsp3) is 1.00. The molecule has 0 amide bonds. The molecule has 0 spiro atoms. The summed E-state index contributed by atoms with van der Waals surface area (Å²) in [5.41, 5.74) is 0. The van der Waals surface area contributed by atoms with Gasteiger partial charge in [0, 0.05) is 20.2 Å². The highest BCUT2D eigenvalue weighted by Crippen LogP contribution is 1.85. The Labute approximate surface area is 43.0 Å². The average molecular weight is 101 g/mol. The van der Waals surface area contributed by atoms with E-state index in [2.05, 4.69) is 10.6 Å². The van der Waals surface area contributed by atoms with Gasteiger partial charge in [-0.1, -0.05) is 0 Å². The molecule has 1 radical (unpaired) electrons. The van der Waals surface area contributed by atoms with Crippen LogP contribution in [0.2, 0.25) is 0 Å². The van der Waals surface area contributed by atoms with Gasteiger partial charge in [-0.15, -0.1) is 0 Å². The van der Waals surface area contributed by atoms with Gasteiger partial charge in [-0.3, -0.25) is 5.32 Å². The maximum atomic E-state index is 4.83. The third-order valence-electron chi connectivity index (χ3n) is 0.949. The topological polar surface area (TPSA) is 35.4 Å². The van der Waals surface area contributed by atoms with Crippen molar-refractivity contribution in [2.75, 3.05) is 20.2 Å². The van der Waals surface area contributed by atoms with Gasteiger partial charge in [-0.25, -0.2) is 0 Å². The molecule has 1 heterocycles. The Morgan fingerprint density at radius 1 is 1.86 bits per heavy atom. The number of ether oxygens (including phenoxy) is 1. The molecule has 41 valence electrons. The zero-order valence-electron chi connectivity index (χ0n) is 4.35. The van der Waals surface area contributed by atoms with E-state index < -0.39 is 0 Å². The van der Waals surface area contributed by atoms with Gasteiger partial charge in [0.15, 0.2) is 6.35 Å². The monoisotopic (exact) mass is 101 g/mol. The van der Waals surface area contributed by atoms with E-state index in [0.717, 1.165) is 13.1 Å². The molecule has 1 fully saturated rings. The summed E-state index contributed by atoms with van der Waals surface area (Å²) in [7, 11) is 1.65. The number of rotatable bonds is 1. The van der Waals surface area contributed by atoms with Crippen molar-refractivity contribution in [3.05, 3.63) is 0 Å². The van der Waals surface area contributed by atoms with Crippen molar-refractivity contribution in [1.82, 2.24) is 10.6 Å². The molecule has 1 unspecified atom stereocenters. The lowest BCUT2D eigenvalue weighted by Crippen LogP contribution is -2.28. The Balaban J connectivity index is 2.14. The van der Waals surface area contributed by atoms with Crippen LogP contribution in [0.3, 0.4) is 0 Å². The molecule has 1 rings (SSSR count). The summed E-state index contributed by atoms with van der Waals surface area (Å²) < 4.78 is 4.83. The number of nitrogens with zero attached hydrogens (tertiary/aromatic N) is 1. The lowest BCUT2D eigenvalue weighted by Gasteiger charge is -2.03. The first kappa shape index (κ1) is 5.03. The molecular formula is C4H9N2O. The van der Waals surface area contributed by atoms with Crippen LogP contribution in [0, 0.1) is 0 Å². The molecule has 0 aliphatic carbocycles. The van der Waals surface area contributed by atoms with Crippen LogP contribution >= 0.6 is 0 Å². The summed E-state index contributed by atoms with van der Waals surface area (Å²) in [6.45, 7) is 1.84. The van der Waals surface area contributed by atoms with Crippen LogP contribution in [0.25, 0.3) is 0 Å². The largest absolute Gasteiger partial charge is 0.352 e. The summed E-state index contributed by atoms with van der Waals surface area (Å²) in [6.07, 6.45) is -0.0278. The van der Waals surface area contributed by atoms with Crippen molar-refractivity contribution in [1.29, 1.82) is 0 Å². The SMILES string of the molecule is COC1[N]CCN1. The smallest absolute Gasteiger partial charge is 0.178 e. The lowest BCUT2D eigenvalue weighted by molar-refractivity contribution is 0.0708. The minimum atomic E-state index is -0.0278. The highest BCUT2D eigenvalue weighted by atomic mass is 16.5. The quantitative estimate of drug-likeness (QED) is 0.465. The zero-order valence-corrected chi connectivity index (χ0v) is 4.35. The van der Waals surface area contributed by atoms with Crippen molar-refractivity contribution in [3.8, 4) is 0 Å². The molecule has 1 N–H and O–H groups in total. The van der Waals surface area contributed by atoms with Crippen molar-refractivity contribution < 1.29 is 4.74 Å². The fourth-order valence-corrected chi connectivity index (χ4v) is 0.592. The summed E-state index contributed by atoms with van der Waals surface area (Å²) in [5, 5.41) is 7.04. The van der Waals surface area contributed by atoms with Crippen LogP contribution in [0.5, 0.6) is 0 Å². The number of hydrogen-bond donors (Lipinski definition) is 1. The molecular weight excluding hydrogens is 92.1 g/mol. The van der Waals surface area contributed by atoms with E-state index in [1.54, 1.807) is 7.11 Å². The molecule has 1 aliphatic heterocycles. The van der Waals surface area contributed by atoms with E-state index in [1.807, 2.05) is 0 Å². The molecule has 3 nitrogen and oxygen atoms in total. The van der Waals surface area contributed by atoms with Crippen LogP contribution in [0.1, 0.15) is 0 Å². The van der Waals surface area contributed by atoms with Gasteiger partial charge in [-0.05, 0) is 0 Å². The van der Waals surface area contributed by atoms with Gasteiger partial charge in [-0.2, -0.15) is 5.32 Å². The summed E-state index contributed by atoms with van der Waals surface area (Å²) >= 11 is 0. The Morgan fingerprint density at radius 2 is 2.71 bits per heavy atom. The Bertz CT molecular complexity index is 51.7. The molecule has 3 heteroatoms. The summed E-state index contributed by atoms with van der Waals surface area (Å²) in [5.74, 6) is 0. The standard InChI is InChI=1S/C4H9N2O/c1-7-4-5-2-3-6-4/h4-5H,2-3H2,1H3. The van der Waals surface area contributed by atoms with Crippen LogP contribution in [-0.2, 0) is 4.74 Å². The van der Waals surface area contributed by atoms with E-state index in [-0.39, 0.29) is 6.35 Å². The molecule has 1 atom stereocenters. The number of methoxy groups -OCH3 is 1. The number of hydrogen-bond acceptors (Lipinski definition) is 2. The van der Waals surface area contributed by atoms with Gasteiger partial charge in [0.25, 0.3) is 0 Å². The Hall–Kier alpha value is -0.120. The van der Waals surface area contributed by atoms with E-state index in [9.17, 15) is 0 Å². The van der Waals surface area contributed by atoms with E-state index in [4.69, 9.17) is 4.74 Å². The second kappa shape index (κ2) is 2.26.